The second kappa shape index (κ2) is 14.0. The van der Waals surface area contributed by atoms with Gasteiger partial charge >= 0.3 is 0 Å². The maximum Gasteiger partial charge on any atom is 0.264 e. The van der Waals surface area contributed by atoms with Crippen LogP contribution in [0.3, 0.4) is 0 Å². The lowest BCUT2D eigenvalue weighted by Gasteiger charge is -2.49. The average molecular weight is 714 g/mol. The molecule has 2 fully saturated rings. The first-order chi connectivity index (χ1) is 23.4. The van der Waals surface area contributed by atoms with Crippen LogP contribution in [0.1, 0.15) is 73.9 Å². The van der Waals surface area contributed by atoms with Gasteiger partial charge < -0.3 is 24.0 Å². The third-order valence-corrected chi connectivity index (χ3v) is 14.1. The zero-order valence-electron chi connectivity index (χ0n) is 29.3. The molecule has 0 radical (unpaired) electrons. The van der Waals surface area contributed by atoms with E-state index < -0.39 is 15.9 Å². The zero-order chi connectivity index (χ0) is 34.5. The number of aryl methyl sites for hydroxylation is 1. The van der Waals surface area contributed by atoms with Crippen LogP contribution in [0, 0.1) is 29.6 Å². The summed E-state index contributed by atoms with van der Waals surface area (Å²) in [6.45, 7) is 7.45. The van der Waals surface area contributed by atoms with E-state index in [9.17, 15) is 13.2 Å². The van der Waals surface area contributed by atoms with Gasteiger partial charge in [-0.3, -0.25) is 4.79 Å². The van der Waals surface area contributed by atoms with Crippen LogP contribution in [0.4, 0.5) is 5.69 Å². The predicted molar refractivity (Wildman–Crippen MR) is 192 cm³/mol. The summed E-state index contributed by atoms with van der Waals surface area (Å²) in [4.78, 5) is 18.1. The molecule has 1 saturated heterocycles. The van der Waals surface area contributed by atoms with Crippen LogP contribution in [0.2, 0.25) is 5.02 Å². The summed E-state index contributed by atoms with van der Waals surface area (Å²) in [5, 5.41) is 0.750. The van der Waals surface area contributed by atoms with E-state index in [0.717, 1.165) is 74.5 Å². The number of nitrogens with one attached hydrogen (secondary N) is 1. The highest BCUT2D eigenvalue weighted by Gasteiger charge is 2.47. The second-order valence-corrected chi connectivity index (χ2v) is 18.1. The van der Waals surface area contributed by atoms with Gasteiger partial charge in [0.05, 0.1) is 37.3 Å². The number of carbonyl (C=O) groups is 1. The highest BCUT2D eigenvalue weighted by atomic mass is 35.5. The molecule has 2 aromatic rings. The molecule has 1 amide bonds. The maximum absolute atomic E-state index is 13.5. The summed E-state index contributed by atoms with van der Waals surface area (Å²) in [5.41, 5.74) is 3.49. The van der Waals surface area contributed by atoms with E-state index in [1.54, 1.807) is 6.07 Å². The topological polar surface area (TPSA) is 97.4 Å². The van der Waals surface area contributed by atoms with Gasteiger partial charge in [0.25, 0.3) is 5.91 Å². The Balaban J connectivity index is 1.26. The minimum Gasteiger partial charge on any atom is -0.490 e. The summed E-state index contributed by atoms with van der Waals surface area (Å²) in [6, 6.07) is 11.9. The Morgan fingerprint density at radius 2 is 1.76 bits per heavy atom. The summed E-state index contributed by atoms with van der Waals surface area (Å²) in [7, 11) is 0.266. The van der Waals surface area contributed by atoms with Crippen LogP contribution in [-0.2, 0) is 31.3 Å². The molecular weight excluding hydrogens is 662 g/mol. The molecule has 1 N–H and O–H groups in total. The number of halogens is 1. The summed E-state index contributed by atoms with van der Waals surface area (Å²) in [6.07, 6.45) is 6.73. The van der Waals surface area contributed by atoms with Gasteiger partial charge in [-0.1, -0.05) is 31.5 Å². The third-order valence-electron chi connectivity index (χ3n) is 12.4. The third kappa shape index (κ3) is 7.23. The first-order valence-corrected chi connectivity index (χ1v) is 20.2. The fourth-order valence-corrected chi connectivity index (χ4v) is 10.7. The van der Waals surface area contributed by atoms with E-state index in [0.29, 0.717) is 37.2 Å². The number of fused-ring (bicyclic) bond motifs is 4. The van der Waals surface area contributed by atoms with Crippen LogP contribution in [0.5, 0.6) is 5.75 Å². The molecule has 49 heavy (non-hydrogen) atoms. The minimum atomic E-state index is -3.86. The monoisotopic (exact) mass is 713 g/mol. The molecule has 2 bridgehead atoms. The molecule has 2 aromatic carbocycles. The average Bonchev–Trinajstić information content (AvgIpc) is 3.20. The zero-order valence-corrected chi connectivity index (χ0v) is 30.9. The molecule has 6 atom stereocenters. The van der Waals surface area contributed by atoms with E-state index >= 15 is 0 Å². The van der Waals surface area contributed by atoms with Crippen LogP contribution in [-0.4, -0.2) is 84.3 Å². The van der Waals surface area contributed by atoms with Gasteiger partial charge in [-0.05, 0) is 124 Å². The van der Waals surface area contributed by atoms with Crippen molar-refractivity contribution in [1.82, 2.24) is 9.62 Å². The Morgan fingerprint density at radius 1 is 0.980 bits per heavy atom. The van der Waals surface area contributed by atoms with Crippen molar-refractivity contribution in [3.8, 4) is 5.75 Å². The Hall–Kier alpha value is -2.37. The molecule has 5 aliphatic rings. The fraction of sp³-hybridized carbons (Fsp3) is 0.658. The molecule has 9 nitrogen and oxygen atoms in total. The minimum absolute atomic E-state index is 0.107. The van der Waals surface area contributed by atoms with Crippen molar-refractivity contribution in [1.29, 1.82) is 0 Å². The molecule has 268 valence electrons. The number of ether oxygens (including phenoxy) is 3. The van der Waals surface area contributed by atoms with Gasteiger partial charge in [0.15, 0.2) is 6.29 Å². The SMILES string of the molecule is C[C@@H]1CC[C@H]([C@H]2OC[C@H](N(C)C)CO2)[C@@H]2CC[C@H]2CN2C[C@@]3(CCCc4cc(Cl)ccc43)COc3ccc(cc32)C(=O)NS(=O)(=O)C[C@@H]1C. The Bertz CT molecular complexity index is 1650. The predicted octanol–water partition coefficient (Wildman–Crippen LogP) is 5.88. The van der Waals surface area contributed by atoms with Crippen LogP contribution < -0.4 is 14.4 Å². The molecule has 1 saturated carbocycles. The lowest BCUT2D eigenvalue weighted by Crippen LogP contribution is -2.52. The number of hydrogen-bond acceptors (Lipinski definition) is 8. The molecule has 1 spiro atoms. The van der Waals surface area contributed by atoms with Gasteiger partial charge in [-0.2, -0.15) is 0 Å². The van der Waals surface area contributed by atoms with E-state index in [2.05, 4.69) is 47.7 Å². The second-order valence-electron chi connectivity index (χ2n) is 15.8. The van der Waals surface area contributed by atoms with Crippen molar-refractivity contribution in [2.45, 2.75) is 76.5 Å². The first kappa shape index (κ1) is 35.1. The molecule has 2 aliphatic carbocycles. The fourth-order valence-electron chi connectivity index (χ4n) is 9.02. The van der Waals surface area contributed by atoms with Crippen LogP contribution in [0.25, 0.3) is 0 Å². The van der Waals surface area contributed by atoms with Crippen molar-refractivity contribution in [2.75, 3.05) is 57.7 Å². The Labute approximate surface area is 297 Å². The normalized spacial score (nSPS) is 34.9. The number of carbonyl (C=O) groups excluding carboxylic acids is 1. The number of rotatable bonds is 2. The highest BCUT2D eigenvalue weighted by molar-refractivity contribution is 7.90. The van der Waals surface area contributed by atoms with E-state index in [1.165, 1.54) is 11.1 Å². The molecule has 0 aromatic heterocycles. The van der Waals surface area contributed by atoms with Crippen molar-refractivity contribution >= 4 is 33.2 Å². The van der Waals surface area contributed by atoms with Crippen LogP contribution >= 0.6 is 11.6 Å². The summed E-state index contributed by atoms with van der Waals surface area (Å²) >= 11 is 6.47. The van der Waals surface area contributed by atoms with Crippen molar-refractivity contribution in [3.05, 3.63) is 58.1 Å². The van der Waals surface area contributed by atoms with E-state index in [4.69, 9.17) is 25.8 Å². The number of nitrogens with zero attached hydrogens (tertiary/aromatic N) is 2. The molecular formula is C38H52ClN3O6S. The van der Waals surface area contributed by atoms with Gasteiger partial charge in [0.1, 0.15) is 5.75 Å². The van der Waals surface area contributed by atoms with Gasteiger partial charge in [0.2, 0.25) is 10.0 Å². The largest absolute Gasteiger partial charge is 0.490 e. The van der Waals surface area contributed by atoms with E-state index in [-0.39, 0.29) is 41.3 Å². The van der Waals surface area contributed by atoms with Gasteiger partial charge in [-0.25, -0.2) is 13.1 Å². The quantitative estimate of drug-likeness (QED) is 0.412. The number of benzene rings is 2. The number of amides is 1. The molecule has 3 heterocycles. The van der Waals surface area contributed by atoms with Crippen molar-refractivity contribution in [2.24, 2.45) is 29.6 Å². The molecule has 11 heteroatoms. The number of likely N-dealkylation sites (N-methyl/N-ethyl adjacent to an activating group) is 1. The standard InChI is InChI=1S/C38H52ClN3O6S/c1-24-7-11-32(37-46-19-30(20-47-37)41(3)4)31-12-8-28(31)18-42-22-38(15-5-6-26-16-29(39)10-13-33(26)38)23-48-35-14-9-27(17-34(35)42)36(43)40-49(44,45)21-25(24)2/h9-10,13-14,16-17,24-25,28,30-32,37H,5-8,11-12,15,18-23H2,1-4H3,(H,40,43)/t24-,25+,28+,30-,31-,32+,37-,38+/m1/s1. The first-order valence-electron chi connectivity index (χ1n) is 18.2. The molecule has 7 rings (SSSR count). The lowest BCUT2D eigenvalue weighted by atomic mass is 9.64. The van der Waals surface area contributed by atoms with Gasteiger partial charge in [-0.15, -0.1) is 0 Å². The number of sulfonamides is 1. The Kier molecular flexibility index (Phi) is 10.0. The van der Waals surface area contributed by atoms with Crippen molar-refractivity contribution in [3.63, 3.8) is 0 Å². The van der Waals surface area contributed by atoms with Gasteiger partial charge in [0, 0.05) is 35.0 Å². The smallest absolute Gasteiger partial charge is 0.264 e. The number of hydrogen-bond donors (Lipinski definition) is 1. The summed E-state index contributed by atoms with van der Waals surface area (Å²) < 4.78 is 48.6. The maximum atomic E-state index is 13.5. The lowest BCUT2D eigenvalue weighted by molar-refractivity contribution is -0.241. The molecule has 3 aliphatic heterocycles. The van der Waals surface area contributed by atoms with Crippen LogP contribution in [0.15, 0.2) is 36.4 Å². The van der Waals surface area contributed by atoms with E-state index in [1.807, 2.05) is 25.1 Å². The highest BCUT2D eigenvalue weighted by Crippen LogP contribution is 2.49. The number of anilines is 1. The Morgan fingerprint density at radius 3 is 2.49 bits per heavy atom. The molecule has 0 unspecified atom stereocenters. The summed E-state index contributed by atoms with van der Waals surface area (Å²) in [5.74, 6) is 1.07. The van der Waals surface area contributed by atoms with Crippen molar-refractivity contribution < 1.29 is 27.4 Å².